The Morgan fingerprint density at radius 3 is 2.56 bits per heavy atom. The molecule has 1 saturated heterocycles. The van der Waals surface area contributed by atoms with E-state index in [1.165, 1.54) is 16.5 Å². The molecule has 1 unspecified atom stereocenters. The summed E-state index contributed by atoms with van der Waals surface area (Å²) in [7, 11) is 0. The van der Waals surface area contributed by atoms with Crippen molar-refractivity contribution < 1.29 is 24.3 Å². The Bertz CT molecular complexity index is 1070. The Kier molecular flexibility index (Phi) is 8.56. The van der Waals surface area contributed by atoms with Gasteiger partial charge < -0.3 is 15.3 Å². The third-order valence-corrected chi connectivity index (χ3v) is 6.31. The normalized spacial score (nSPS) is 16.7. The first kappa shape index (κ1) is 25.6. The summed E-state index contributed by atoms with van der Waals surface area (Å²) in [5.41, 5.74) is 0.575. The van der Waals surface area contributed by atoms with Crippen LogP contribution in [0.3, 0.4) is 0 Å². The second-order valence-electron chi connectivity index (χ2n) is 7.98. The number of tetrazole rings is 1. The number of carboxylic acid groups (broad SMARTS) is 1. The monoisotopic (exact) mass is 510 g/mol. The molecule has 2 atom stereocenters. The van der Waals surface area contributed by atoms with E-state index in [-0.39, 0.29) is 18.9 Å². The van der Waals surface area contributed by atoms with E-state index in [0.29, 0.717) is 34.4 Å². The lowest BCUT2D eigenvalue weighted by atomic mass is 10.00. The Morgan fingerprint density at radius 1 is 1.21 bits per heavy atom. The van der Waals surface area contributed by atoms with Crippen molar-refractivity contribution in [3.63, 3.8) is 0 Å². The van der Waals surface area contributed by atoms with Crippen LogP contribution in [0.15, 0.2) is 18.2 Å². The first-order valence-electron chi connectivity index (χ1n) is 10.7. The highest BCUT2D eigenvalue weighted by Gasteiger charge is 2.33. The molecule has 182 valence electrons. The van der Waals surface area contributed by atoms with Crippen LogP contribution in [-0.4, -0.2) is 72.4 Å². The summed E-state index contributed by atoms with van der Waals surface area (Å²) in [6.45, 7) is 1.43. The fourth-order valence-electron chi connectivity index (χ4n) is 3.86. The molecule has 1 fully saturated rings. The van der Waals surface area contributed by atoms with Crippen molar-refractivity contribution >= 4 is 46.8 Å². The molecule has 11 nitrogen and oxygen atoms in total. The lowest BCUT2D eigenvalue weighted by molar-refractivity contribution is -0.143. The van der Waals surface area contributed by atoms with Gasteiger partial charge in [0.25, 0.3) is 0 Å². The fraction of sp³-hybridized carbons (Fsp3) is 0.476. The van der Waals surface area contributed by atoms with E-state index >= 15 is 0 Å². The minimum Gasteiger partial charge on any atom is -0.481 e. The summed E-state index contributed by atoms with van der Waals surface area (Å²) in [5, 5.41) is 23.9. The Labute approximate surface area is 205 Å². The van der Waals surface area contributed by atoms with Gasteiger partial charge in [-0.2, -0.15) is 0 Å². The van der Waals surface area contributed by atoms with E-state index in [9.17, 15) is 24.3 Å². The average molecular weight is 511 g/mol. The van der Waals surface area contributed by atoms with Gasteiger partial charge in [-0.05, 0) is 47.4 Å². The maximum atomic E-state index is 13.0. The van der Waals surface area contributed by atoms with Gasteiger partial charge in [0.15, 0.2) is 11.6 Å². The molecule has 13 heteroatoms. The molecular formula is C21H24Cl2N6O5. The number of aromatic nitrogens is 4. The van der Waals surface area contributed by atoms with Crippen molar-refractivity contribution in [3.8, 4) is 0 Å². The van der Waals surface area contributed by atoms with Gasteiger partial charge in [0.05, 0.1) is 12.5 Å². The van der Waals surface area contributed by atoms with Crippen LogP contribution in [0.5, 0.6) is 0 Å². The molecule has 2 amide bonds. The third-order valence-electron chi connectivity index (χ3n) is 5.60. The van der Waals surface area contributed by atoms with Crippen molar-refractivity contribution in [1.29, 1.82) is 0 Å². The maximum Gasteiger partial charge on any atom is 0.305 e. The molecule has 1 aliphatic rings. The van der Waals surface area contributed by atoms with Crippen LogP contribution in [0.1, 0.15) is 44.0 Å². The van der Waals surface area contributed by atoms with E-state index in [4.69, 9.17) is 23.2 Å². The van der Waals surface area contributed by atoms with Crippen LogP contribution in [-0.2, 0) is 32.1 Å². The summed E-state index contributed by atoms with van der Waals surface area (Å²) in [6, 6.07) is 2.95. The number of hydrogen-bond acceptors (Lipinski definition) is 7. The molecule has 2 aromatic rings. The quantitative estimate of drug-likeness (QED) is 0.515. The highest BCUT2D eigenvalue weighted by Crippen LogP contribution is 2.26. The van der Waals surface area contributed by atoms with Crippen LogP contribution in [0.4, 0.5) is 0 Å². The SMILES string of the molecule is CC(=O)N1CCCC[C@H]1C(=O)NC(CC(=O)O)C(=O)Cn1nnnc1Cc1c(Cl)cccc1Cl. The van der Waals surface area contributed by atoms with Crippen molar-refractivity contribution in [2.45, 2.75) is 57.7 Å². The number of amides is 2. The molecule has 3 rings (SSSR count). The van der Waals surface area contributed by atoms with Crippen molar-refractivity contribution in [1.82, 2.24) is 30.4 Å². The standard InChI is InChI=1S/C21H24Cl2N6O5/c1-12(30)28-8-3-2-7-17(28)21(34)24-16(10-20(32)33)18(31)11-29-19(25-26-27-29)9-13-14(22)5-4-6-15(13)23/h4-6,16-17H,2-3,7-11H2,1H3,(H,24,34)(H,32,33)/t16?,17-/m0/s1. The van der Waals surface area contributed by atoms with Gasteiger partial charge in [-0.15, -0.1) is 5.10 Å². The van der Waals surface area contributed by atoms with Crippen molar-refractivity contribution in [2.75, 3.05) is 6.54 Å². The van der Waals surface area contributed by atoms with Crippen molar-refractivity contribution in [2.24, 2.45) is 0 Å². The largest absolute Gasteiger partial charge is 0.481 e. The van der Waals surface area contributed by atoms with Gasteiger partial charge >= 0.3 is 5.97 Å². The number of nitrogens with zero attached hydrogens (tertiary/aromatic N) is 5. The molecule has 0 bridgehead atoms. The number of piperidine rings is 1. The molecular weight excluding hydrogens is 487 g/mol. The van der Waals surface area contributed by atoms with E-state index < -0.39 is 36.2 Å². The highest BCUT2D eigenvalue weighted by molar-refractivity contribution is 6.36. The van der Waals surface area contributed by atoms with Crippen LogP contribution in [0.25, 0.3) is 0 Å². The summed E-state index contributed by atoms with van der Waals surface area (Å²) in [6.07, 6.45) is 1.49. The number of hydrogen-bond donors (Lipinski definition) is 2. The molecule has 34 heavy (non-hydrogen) atoms. The summed E-state index contributed by atoms with van der Waals surface area (Å²) in [4.78, 5) is 50.6. The number of carboxylic acids is 1. The van der Waals surface area contributed by atoms with Gasteiger partial charge in [-0.3, -0.25) is 19.2 Å². The Hall–Kier alpha value is -3.05. The van der Waals surface area contributed by atoms with Crippen LogP contribution in [0, 0.1) is 0 Å². The van der Waals surface area contributed by atoms with Crippen LogP contribution in [0.2, 0.25) is 10.0 Å². The minimum atomic E-state index is -1.32. The summed E-state index contributed by atoms with van der Waals surface area (Å²) >= 11 is 12.4. The summed E-state index contributed by atoms with van der Waals surface area (Å²) in [5.74, 6) is -2.38. The topological polar surface area (TPSA) is 147 Å². The van der Waals surface area contributed by atoms with Gasteiger partial charge in [0.2, 0.25) is 11.8 Å². The second-order valence-corrected chi connectivity index (χ2v) is 8.79. The number of aliphatic carboxylic acids is 1. The van der Waals surface area contributed by atoms with E-state index in [1.807, 2.05) is 0 Å². The van der Waals surface area contributed by atoms with Crippen molar-refractivity contribution in [3.05, 3.63) is 39.6 Å². The fourth-order valence-corrected chi connectivity index (χ4v) is 4.39. The zero-order chi connectivity index (χ0) is 24.8. The first-order chi connectivity index (χ1) is 16.2. The molecule has 1 aromatic heterocycles. The number of carbonyl (C=O) groups is 4. The van der Waals surface area contributed by atoms with Gasteiger partial charge in [0.1, 0.15) is 12.6 Å². The first-order valence-corrected chi connectivity index (χ1v) is 11.4. The number of benzene rings is 1. The lowest BCUT2D eigenvalue weighted by Gasteiger charge is -2.34. The zero-order valence-electron chi connectivity index (χ0n) is 18.4. The van der Waals surface area contributed by atoms with Gasteiger partial charge in [-0.1, -0.05) is 29.3 Å². The molecule has 1 aromatic carbocycles. The van der Waals surface area contributed by atoms with Gasteiger partial charge in [-0.25, -0.2) is 4.68 Å². The zero-order valence-corrected chi connectivity index (χ0v) is 19.9. The predicted molar refractivity (Wildman–Crippen MR) is 121 cm³/mol. The average Bonchev–Trinajstić information content (AvgIpc) is 3.22. The number of Topliss-reactive ketones (excluding diaryl/α,β-unsaturated/α-hetero) is 1. The number of carbonyl (C=O) groups excluding carboxylic acids is 3. The maximum absolute atomic E-state index is 13.0. The number of halogens is 2. The number of ketones is 1. The second kappa shape index (κ2) is 11.4. The Morgan fingerprint density at radius 2 is 1.91 bits per heavy atom. The minimum absolute atomic E-state index is 0.143. The van der Waals surface area contributed by atoms with E-state index in [2.05, 4.69) is 20.8 Å². The number of nitrogens with one attached hydrogen (secondary N) is 1. The number of likely N-dealkylation sites (tertiary alicyclic amines) is 1. The molecule has 2 heterocycles. The van der Waals surface area contributed by atoms with Crippen LogP contribution < -0.4 is 5.32 Å². The van der Waals surface area contributed by atoms with E-state index in [0.717, 1.165) is 12.8 Å². The van der Waals surface area contributed by atoms with Crippen LogP contribution >= 0.6 is 23.2 Å². The molecule has 0 aliphatic carbocycles. The molecule has 0 spiro atoms. The molecule has 0 radical (unpaired) electrons. The lowest BCUT2D eigenvalue weighted by Crippen LogP contribution is -2.55. The number of rotatable bonds is 9. The molecule has 1 aliphatic heterocycles. The molecule has 0 saturated carbocycles. The van der Waals surface area contributed by atoms with Gasteiger partial charge in [0, 0.05) is 29.9 Å². The molecule has 2 N–H and O–H groups in total. The smallest absolute Gasteiger partial charge is 0.305 e. The third kappa shape index (κ3) is 6.29. The highest BCUT2D eigenvalue weighted by atomic mass is 35.5. The predicted octanol–water partition coefficient (Wildman–Crippen LogP) is 1.50. The van der Waals surface area contributed by atoms with E-state index in [1.54, 1.807) is 18.2 Å². The summed E-state index contributed by atoms with van der Waals surface area (Å²) < 4.78 is 1.21. The Balaban J connectivity index is 1.74.